The Morgan fingerprint density at radius 3 is 2.40 bits per heavy atom. The van der Waals surface area contributed by atoms with Gasteiger partial charge in [0.1, 0.15) is 0 Å². The predicted molar refractivity (Wildman–Crippen MR) is 71.8 cm³/mol. The molecule has 20 heavy (non-hydrogen) atoms. The highest BCUT2D eigenvalue weighted by atomic mass is 19.1. The summed E-state index contributed by atoms with van der Waals surface area (Å²) in [6.45, 7) is 2.00. The van der Waals surface area contributed by atoms with Crippen LogP contribution >= 0.6 is 0 Å². The van der Waals surface area contributed by atoms with Crippen LogP contribution in [0.4, 0.5) is 4.39 Å². The number of methoxy groups -OCH3 is 3. The van der Waals surface area contributed by atoms with Crippen molar-refractivity contribution in [3.63, 3.8) is 0 Å². The molecule has 0 unspecified atom stereocenters. The molecule has 0 saturated carbocycles. The largest absolute Gasteiger partial charge is 0.494 e. The number of rotatable bonds is 7. The summed E-state index contributed by atoms with van der Waals surface area (Å²) in [6.07, 6.45) is -0.512. The van der Waals surface area contributed by atoms with Crippen LogP contribution in [0, 0.1) is 5.82 Å². The van der Waals surface area contributed by atoms with Gasteiger partial charge in [0.15, 0.2) is 17.9 Å². The molecule has 1 amide bonds. The number of hydrogen-bond acceptors (Lipinski definition) is 4. The Balaban J connectivity index is 2.80. The minimum atomic E-state index is -0.512. The number of carbonyl (C=O) groups is 1. The smallest absolute Gasteiger partial charge is 0.219 e. The van der Waals surface area contributed by atoms with E-state index in [9.17, 15) is 9.18 Å². The van der Waals surface area contributed by atoms with Crippen LogP contribution in [-0.4, -0.2) is 45.0 Å². The van der Waals surface area contributed by atoms with Gasteiger partial charge in [0.25, 0.3) is 0 Å². The monoisotopic (exact) mass is 285 g/mol. The molecule has 0 saturated heterocycles. The lowest BCUT2D eigenvalue weighted by Gasteiger charge is -2.25. The van der Waals surface area contributed by atoms with Crippen molar-refractivity contribution in [1.29, 1.82) is 0 Å². The van der Waals surface area contributed by atoms with E-state index in [1.54, 1.807) is 6.07 Å². The fourth-order valence-electron chi connectivity index (χ4n) is 1.76. The van der Waals surface area contributed by atoms with Gasteiger partial charge in [-0.25, -0.2) is 4.39 Å². The van der Waals surface area contributed by atoms with Crippen molar-refractivity contribution in [2.75, 3.05) is 27.9 Å². The molecule has 5 nitrogen and oxygen atoms in total. The first-order valence-electron chi connectivity index (χ1n) is 6.15. The summed E-state index contributed by atoms with van der Waals surface area (Å²) in [5, 5.41) is 0. The predicted octanol–water partition coefficient (Wildman–Crippen LogP) is 1.80. The highest BCUT2D eigenvalue weighted by molar-refractivity contribution is 5.73. The minimum Gasteiger partial charge on any atom is -0.494 e. The Morgan fingerprint density at radius 2 is 1.95 bits per heavy atom. The maximum atomic E-state index is 13.6. The molecule has 0 radical (unpaired) electrons. The van der Waals surface area contributed by atoms with Crippen LogP contribution in [-0.2, 0) is 20.8 Å². The summed E-state index contributed by atoms with van der Waals surface area (Å²) in [5.41, 5.74) is 0.671. The lowest BCUT2D eigenvalue weighted by molar-refractivity contribution is -0.144. The Labute approximate surface area is 118 Å². The van der Waals surface area contributed by atoms with Crippen LogP contribution in [0.25, 0.3) is 0 Å². The van der Waals surface area contributed by atoms with Crippen LogP contribution < -0.4 is 4.74 Å². The Bertz CT molecular complexity index is 449. The third-order valence-corrected chi connectivity index (χ3v) is 2.93. The molecule has 0 atom stereocenters. The van der Waals surface area contributed by atoms with E-state index in [-0.39, 0.29) is 24.7 Å². The first kappa shape index (κ1) is 16.4. The summed E-state index contributed by atoms with van der Waals surface area (Å²) in [4.78, 5) is 13.1. The van der Waals surface area contributed by atoms with Gasteiger partial charge in [-0.1, -0.05) is 6.07 Å². The summed E-state index contributed by atoms with van der Waals surface area (Å²) in [6, 6.07) is 4.60. The molecule has 0 heterocycles. The molecule has 6 heteroatoms. The quantitative estimate of drug-likeness (QED) is 0.717. The number of benzene rings is 1. The lowest BCUT2D eigenvalue weighted by Crippen LogP contribution is -2.37. The molecule has 0 aromatic heterocycles. The van der Waals surface area contributed by atoms with Crippen molar-refractivity contribution in [2.45, 2.75) is 19.8 Å². The van der Waals surface area contributed by atoms with Crippen LogP contribution in [0.15, 0.2) is 18.2 Å². The van der Waals surface area contributed by atoms with E-state index in [1.165, 1.54) is 45.3 Å². The van der Waals surface area contributed by atoms with Gasteiger partial charge in [0.05, 0.1) is 13.7 Å². The van der Waals surface area contributed by atoms with Gasteiger partial charge in [-0.3, -0.25) is 4.79 Å². The summed E-state index contributed by atoms with van der Waals surface area (Å²) >= 11 is 0. The summed E-state index contributed by atoms with van der Waals surface area (Å²) in [5.74, 6) is -0.418. The number of amides is 1. The molecule has 0 fully saturated rings. The average molecular weight is 285 g/mol. The van der Waals surface area contributed by atoms with E-state index in [1.807, 2.05) is 0 Å². The molecular formula is C14H20FNO4. The van der Waals surface area contributed by atoms with Crippen molar-refractivity contribution in [3.05, 3.63) is 29.6 Å². The molecule has 112 valence electrons. The van der Waals surface area contributed by atoms with Gasteiger partial charge in [-0.05, 0) is 17.7 Å². The third-order valence-electron chi connectivity index (χ3n) is 2.93. The van der Waals surface area contributed by atoms with Crippen molar-refractivity contribution < 1.29 is 23.4 Å². The lowest BCUT2D eigenvalue weighted by atomic mass is 10.2. The van der Waals surface area contributed by atoms with Gasteiger partial charge in [-0.2, -0.15) is 0 Å². The molecule has 0 N–H and O–H groups in total. The number of hydrogen-bond donors (Lipinski definition) is 0. The molecule has 1 rings (SSSR count). The second-order valence-electron chi connectivity index (χ2n) is 4.27. The zero-order valence-corrected chi connectivity index (χ0v) is 12.2. The minimum absolute atomic E-state index is 0.139. The summed E-state index contributed by atoms with van der Waals surface area (Å²) < 4.78 is 28.6. The first-order chi connectivity index (χ1) is 9.51. The second-order valence-corrected chi connectivity index (χ2v) is 4.27. The van der Waals surface area contributed by atoms with Gasteiger partial charge < -0.3 is 19.1 Å². The number of ether oxygens (including phenoxy) is 3. The fraction of sp³-hybridized carbons (Fsp3) is 0.500. The topological polar surface area (TPSA) is 48.0 Å². The normalized spacial score (nSPS) is 10.7. The Kier molecular flexibility index (Phi) is 6.41. The third kappa shape index (κ3) is 4.47. The SMILES string of the molecule is COc1ccc(CN(CC(OC)OC)C(C)=O)cc1F. The second kappa shape index (κ2) is 7.81. The summed E-state index contributed by atoms with van der Waals surface area (Å²) in [7, 11) is 4.40. The maximum Gasteiger partial charge on any atom is 0.219 e. The number of carbonyl (C=O) groups excluding carboxylic acids is 1. The van der Waals surface area contributed by atoms with Crippen LogP contribution in [0.1, 0.15) is 12.5 Å². The zero-order valence-electron chi connectivity index (χ0n) is 12.2. The van der Waals surface area contributed by atoms with E-state index >= 15 is 0 Å². The number of halogens is 1. The highest BCUT2D eigenvalue weighted by Gasteiger charge is 2.16. The molecule has 1 aromatic rings. The van der Waals surface area contributed by atoms with Crippen molar-refractivity contribution >= 4 is 5.91 Å². The van der Waals surface area contributed by atoms with Crippen LogP contribution in [0.5, 0.6) is 5.75 Å². The number of nitrogens with zero attached hydrogens (tertiary/aromatic N) is 1. The average Bonchev–Trinajstić information content (AvgIpc) is 2.43. The highest BCUT2D eigenvalue weighted by Crippen LogP contribution is 2.19. The Morgan fingerprint density at radius 1 is 1.30 bits per heavy atom. The van der Waals surface area contributed by atoms with E-state index in [2.05, 4.69) is 0 Å². The fourth-order valence-corrected chi connectivity index (χ4v) is 1.76. The van der Waals surface area contributed by atoms with E-state index < -0.39 is 12.1 Å². The molecule has 0 aliphatic heterocycles. The maximum absolute atomic E-state index is 13.6. The molecule has 0 spiro atoms. The molecule has 0 aliphatic carbocycles. The van der Waals surface area contributed by atoms with Crippen molar-refractivity contribution in [2.24, 2.45) is 0 Å². The zero-order chi connectivity index (χ0) is 15.1. The van der Waals surface area contributed by atoms with Gasteiger partial charge in [0.2, 0.25) is 5.91 Å². The first-order valence-corrected chi connectivity index (χ1v) is 6.15. The van der Waals surface area contributed by atoms with Gasteiger partial charge in [-0.15, -0.1) is 0 Å². The van der Waals surface area contributed by atoms with E-state index in [0.717, 1.165) is 0 Å². The molecular weight excluding hydrogens is 265 g/mol. The molecule has 0 aliphatic rings. The van der Waals surface area contributed by atoms with Crippen LogP contribution in [0.3, 0.4) is 0 Å². The van der Waals surface area contributed by atoms with Crippen molar-refractivity contribution in [3.8, 4) is 5.75 Å². The van der Waals surface area contributed by atoms with E-state index in [4.69, 9.17) is 14.2 Å². The van der Waals surface area contributed by atoms with Crippen LogP contribution in [0.2, 0.25) is 0 Å². The van der Waals surface area contributed by atoms with E-state index in [0.29, 0.717) is 5.56 Å². The molecule has 0 bridgehead atoms. The van der Waals surface area contributed by atoms with Gasteiger partial charge >= 0.3 is 0 Å². The molecule has 1 aromatic carbocycles. The Hall–Kier alpha value is -1.66. The van der Waals surface area contributed by atoms with Crippen molar-refractivity contribution in [1.82, 2.24) is 4.90 Å². The standard InChI is InChI=1S/C14H20FNO4/c1-10(17)16(9-14(19-3)20-4)8-11-5-6-13(18-2)12(15)7-11/h5-7,14H,8-9H2,1-4H3. The van der Waals surface area contributed by atoms with Gasteiger partial charge in [0, 0.05) is 27.7 Å².